The third-order valence-corrected chi connectivity index (χ3v) is 5.39. The van der Waals surface area contributed by atoms with Crippen molar-refractivity contribution in [3.05, 3.63) is 16.1 Å². The molecule has 1 saturated carbocycles. The largest absolute Gasteiger partial charge is 0.362 e. The Morgan fingerprint density at radius 3 is 2.79 bits per heavy atom. The molecule has 1 aliphatic carbocycles. The van der Waals surface area contributed by atoms with E-state index in [0.717, 1.165) is 17.4 Å². The van der Waals surface area contributed by atoms with Crippen molar-refractivity contribution in [1.82, 2.24) is 9.97 Å². The SMILES string of the molecule is CCNc1nc(-c2sc(C(C)C)nc2C2CC2)cs1. The number of nitrogens with zero attached hydrogens (tertiary/aromatic N) is 2. The molecule has 2 aromatic rings. The molecule has 1 N–H and O–H groups in total. The van der Waals surface area contributed by atoms with Crippen molar-refractivity contribution in [2.24, 2.45) is 0 Å². The van der Waals surface area contributed by atoms with Gasteiger partial charge in [0, 0.05) is 23.8 Å². The molecule has 0 saturated heterocycles. The molecule has 0 amide bonds. The average Bonchev–Trinajstić information content (AvgIpc) is 2.96. The number of aromatic nitrogens is 2. The van der Waals surface area contributed by atoms with Gasteiger partial charge in [0.25, 0.3) is 0 Å². The Labute approximate surface area is 122 Å². The maximum absolute atomic E-state index is 4.87. The van der Waals surface area contributed by atoms with Gasteiger partial charge in [-0.1, -0.05) is 13.8 Å². The van der Waals surface area contributed by atoms with Crippen LogP contribution < -0.4 is 5.32 Å². The van der Waals surface area contributed by atoms with Crippen LogP contribution in [0.2, 0.25) is 0 Å². The number of nitrogens with one attached hydrogen (secondary N) is 1. The maximum Gasteiger partial charge on any atom is 0.183 e. The number of thiazole rings is 2. The molecule has 0 radical (unpaired) electrons. The fraction of sp³-hybridized carbons (Fsp3) is 0.571. The Balaban J connectivity index is 1.97. The quantitative estimate of drug-likeness (QED) is 0.868. The molecule has 0 aromatic carbocycles. The summed E-state index contributed by atoms with van der Waals surface area (Å²) in [7, 11) is 0. The van der Waals surface area contributed by atoms with Crippen LogP contribution in [-0.2, 0) is 0 Å². The second kappa shape index (κ2) is 5.21. The van der Waals surface area contributed by atoms with Crippen LogP contribution in [0.4, 0.5) is 5.13 Å². The highest BCUT2D eigenvalue weighted by atomic mass is 32.1. The fourth-order valence-electron chi connectivity index (χ4n) is 2.02. The zero-order valence-electron chi connectivity index (χ0n) is 11.6. The minimum atomic E-state index is 0.503. The topological polar surface area (TPSA) is 37.8 Å². The van der Waals surface area contributed by atoms with E-state index in [0.29, 0.717) is 11.8 Å². The Morgan fingerprint density at radius 2 is 2.16 bits per heavy atom. The molecule has 1 fully saturated rings. The third kappa shape index (κ3) is 2.67. The van der Waals surface area contributed by atoms with Gasteiger partial charge in [0.1, 0.15) is 0 Å². The Kier molecular flexibility index (Phi) is 3.58. The minimum Gasteiger partial charge on any atom is -0.362 e. The lowest BCUT2D eigenvalue weighted by molar-refractivity contribution is 0.839. The Hall–Kier alpha value is -0.940. The smallest absolute Gasteiger partial charge is 0.183 e. The molecular formula is C14H19N3S2. The molecular weight excluding hydrogens is 274 g/mol. The predicted molar refractivity (Wildman–Crippen MR) is 83.4 cm³/mol. The van der Waals surface area contributed by atoms with Gasteiger partial charge in [0.2, 0.25) is 0 Å². The van der Waals surface area contributed by atoms with Crippen molar-refractivity contribution in [1.29, 1.82) is 0 Å². The monoisotopic (exact) mass is 293 g/mol. The summed E-state index contributed by atoms with van der Waals surface area (Å²) in [5, 5.41) is 7.70. The Bertz CT molecular complexity index is 567. The van der Waals surface area contributed by atoms with Crippen molar-refractivity contribution in [2.45, 2.75) is 45.4 Å². The number of hydrogen-bond donors (Lipinski definition) is 1. The van der Waals surface area contributed by atoms with E-state index < -0.39 is 0 Å². The summed E-state index contributed by atoms with van der Waals surface area (Å²) < 4.78 is 0. The van der Waals surface area contributed by atoms with Crippen LogP contribution in [0.5, 0.6) is 0 Å². The number of rotatable bonds is 5. The zero-order valence-corrected chi connectivity index (χ0v) is 13.2. The normalized spacial score (nSPS) is 15.2. The van der Waals surface area contributed by atoms with Gasteiger partial charge >= 0.3 is 0 Å². The molecule has 2 heterocycles. The molecule has 2 aromatic heterocycles. The summed E-state index contributed by atoms with van der Waals surface area (Å²) in [4.78, 5) is 10.9. The minimum absolute atomic E-state index is 0.503. The van der Waals surface area contributed by atoms with Crippen LogP contribution in [0.3, 0.4) is 0 Å². The summed E-state index contributed by atoms with van der Waals surface area (Å²) in [6.45, 7) is 7.44. The van der Waals surface area contributed by atoms with Gasteiger partial charge in [-0.05, 0) is 19.8 Å². The molecule has 3 nitrogen and oxygen atoms in total. The van der Waals surface area contributed by atoms with Crippen LogP contribution in [0.1, 0.15) is 56.2 Å². The summed E-state index contributed by atoms with van der Waals surface area (Å²) >= 11 is 3.51. The van der Waals surface area contributed by atoms with E-state index >= 15 is 0 Å². The van der Waals surface area contributed by atoms with E-state index in [1.807, 2.05) is 11.3 Å². The molecule has 102 valence electrons. The first-order valence-electron chi connectivity index (χ1n) is 6.89. The highest BCUT2D eigenvalue weighted by Crippen LogP contribution is 2.47. The summed E-state index contributed by atoms with van der Waals surface area (Å²) in [6.07, 6.45) is 2.58. The first-order chi connectivity index (χ1) is 9.19. The molecule has 0 bridgehead atoms. The molecule has 19 heavy (non-hydrogen) atoms. The highest BCUT2D eigenvalue weighted by molar-refractivity contribution is 7.17. The molecule has 0 spiro atoms. The first kappa shape index (κ1) is 13.1. The van der Waals surface area contributed by atoms with Crippen LogP contribution in [0.15, 0.2) is 5.38 Å². The van der Waals surface area contributed by atoms with Gasteiger partial charge in [0.15, 0.2) is 5.13 Å². The molecule has 1 aliphatic rings. The van der Waals surface area contributed by atoms with E-state index in [4.69, 9.17) is 9.97 Å². The van der Waals surface area contributed by atoms with Gasteiger partial charge in [-0.15, -0.1) is 22.7 Å². The fourth-order valence-corrected chi connectivity index (χ4v) is 3.99. The van der Waals surface area contributed by atoms with E-state index in [2.05, 4.69) is 31.5 Å². The van der Waals surface area contributed by atoms with Gasteiger partial charge in [-0.25, -0.2) is 9.97 Å². The van der Waals surface area contributed by atoms with Crippen LogP contribution >= 0.6 is 22.7 Å². The molecule has 0 unspecified atom stereocenters. The maximum atomic E-state index is 4.87. The van der Waals surface area contributed by atoms with E-state index in [1.165, 1.54) is 28.4 Å². The van der Waals surface area contributed by atoms with Crippen molar-refractivity contribution in [3.8, 4) is 10.6 Å². The van der Waals surface area contributed by atoms with Crippen LogP contribution in [0.25, 0.3) is 10.6 Å². The van der Waals surface area contributed by atoms with Gasteiger partial charge < -0.3 is 5.32 Å². The van der Waals surface area contributed by atoms with Crippen molar-refractivity contribution in [3.63, 3.8) is 0 Å². The first-order valence-corrected chi connectivity index (χ1v) is 8.59. The van der Waals surface area contributed by atoms with Gasteiger partial charge in [0.05, 0.1) is 21.3 Å². The van der Waals surface area contributed by atoms with Gasteiger partial charge in [-0.3, -0.25) is 0 Å². The molecule has 0 aliphatic heterocycles. The van der Waals surface area contributed by atoms with Crippen LogP contribution in [0, 0.1) is 0 Å². The van der Waals surface area contributed by atoms with E-state index in [1.54, 1.807) is 11.3 Å². The third-order valence-electron chi connectivity index (χ3n) is 3.19. The average molecular weight is 293 g/mol. The second-order valence-corrected chi connectivity index (χ2v) is 7.15. The van der Waals surface area contributed by atoms with E-state index in [-0.39, 0.29) is 0 Å². The zero-order chi connectivity index (χ0) is 13.4. The molecule has 0 atom stereocenters. The van der Waals surface area contributed by atoms with Crippen LogP contribution in [-0.4, -0.2) is 16.5 Å². The predicted octanol–water partition coefficient (Wildman–Crippen LogP) is 4.70. The van der Waals surface area contributed by atoms with E-state index in [9.17, 15) is 0 Å². The lowest BCUT2D eigenvalue weighted by Gasteiger charge is -1.96. The van der Waals surface area contributed by atoms with Crippen molar-refractivity contribution < 1.29 is 0 Å². The summed E-state index contributed by atoms with van der Waals surface area (Å²) in [5.74, 6) is 1.19. The number of anilines is 1. The summed E-state index contributed by atoms with van der Waals surface area (Å²) in [5.41, 5.74) is 2.40. The highest BCUT2D eigenvalue weighted by Gasteiger charge is 2.31. The molecule has 3 rings (SSSR count). The Morgan fingerprint density at radius 1 is 1.37 bits per heavy atom. The lowest BCUT2D eigenvalue weighted by atomic mass is 10.2. The summed E-state index contributed by atoms with van der Waals surface area (Å²) in [6, 6.07) is 0. The van der Waals surface area contributed by atoms with Gasteiger partial charge in [-0.2, -0.15) is 0 Å². The lowest BCUT2D eigenvalue weighted by Crippen LogP contribution is -1.95. The van der Waals surface area contributed by atoms with Crippen molar-refractivity contribution >= 4 is 27.8 Å². The number of hydrogen-bond acceptors (Lipinski definition) is 5. The standard InChI is InChI=1S/C14H19N3S2/c1-4-15-14-16-10(7-18-14)12-11(9-5-6-9)17-13(19-12)8(2)3/h7-9H,4-6H2,1-3H3,(H,15,16). The van der Waals surface area contributed by atoms with Crippen molar-refractivity contribution in [2.75, 3.05) is 11.9 Å². The molecule has 5 heteroatoms. The second-order valence-electron chi connectivity index (χ2n) is 5.26.